The molecule has 0 saturated heterocycles. The molecule has 0 aliphatic rings. The maximum Gasteiger partial charge on any atom is 0.0882 e. The summed E-state index contributed by atoms with van der Waals surface area (Å²) in [5.74, 6) is 0.702. The fourth-order valence-corrected chi connectivity index (χ4v) is 2.70. The molecule has 0 fully saturated rings. The van der Waals surface area contributed by atoms with E-state index in [9.17, 15) is 5.11 Å². The van der Waals surface area contributed by atoms with Gasteiger partial charge >= 0.3 is 0 Å². The van der Waals surface area contributed by atoms with Crippen molar-refractivity contribution in [3.8, 4) is 0 Å². The van der Waals surface area contributed by atoms with E-state index < -0.39 is 0 Å². The van der Waals surface area contributed by atoms with Crippen LogP contribution in [0.15, 0.2) is 0 Å². The zero-order chi connectivity index (χ0) is 17.5. The zero-order valence-corrected chi connectivity index (χ0v) is 15.8. The molecular formula is C18H35N3O2. The van der Waals surface area contributed by atoms with Crippen LogP contribution < -0.4 is 0 Å². The molecule has 0 radical (unpaired) electrons. The minimum absolute atomic E-state index is 0.118. The smallest absolute Gasteiger partial charge is 0.0882 e. The second-order valence-corrected chi connectivity index (χ2v) is 7.64. The minimum Gasteiger partial charge on any atom is -0.396 e. The van der Waals surface area contributed by atoms with Gasteiger partial charge in [-0.15, -0.1) is 5.10 Å². The highest BCUT2D eigenvalue weighted by Crippen LogP contribution is 2.24. The Hall–Kier alpha value is -0.940. The Morgan fingerprint density at radius 3 is 2.43 bits per heavy atom. The van der Waals surface area contributed by atoms with Crippen LogP contribution in [-0.2, 0) is 23.1 Å². The number of aromatic nitrogens is 3. The molecular weight excluding hydrogens is 290 g/mol. The van der Waals surface area contributed by atoms with E-state index in [1.54, 1.807) is 0 Å². The highest BCUT2D eigenvalue weighted by Gasteiger charge is 2.26. The van der Waals surface area contributed by atoms with Gasteiger partial charge in [0.15, 0.2) is 0 Å². The molecule has 0 aliphatic heterocycles. The maximum atomic E-state index is 9.28. The molecule has 1 heterocycles. The summed E-state index contributed by atoms with van der Waals surface area (Å²) in [6, 6.07) is 0. The van der Waals surface area contributed by atoms with Crippen molar-refractivity contribution in [3.05, 3.63) is 11.4 Å². The van der Waals surface area contributed by atoms with Crippen LogP contribution in [0, 0.1) is 5.92 Å². The molecule has 0 saturated carbocycles. The summed E-state index contributed by atoms with van der Waals surface area (Å²) in [6.07, 6.45) is 5.01. The molecule has 0 bridgehead atoms. The summed E-state index contributed by atoms with van der Waals surface area (Å²) in [4.78, 5) is 0. The van der Waals surface area contributed by atoms with Crippen LogP contribution in [0.2, 0.25) is 0 Å². The lowest BCUT2D eigenvalue weighted by atomic mass is 9.98. The average molecular weight is 325 g/mol. The normalized spacial score (nSPS) is 12.6. The van der Waals surface area contributed by atoms with Gasteiger partial charge in [0.1, 0.15) is 0 Å². The van der Waals surface area contributed by atoms with Gasteiger partial charge in [-0.25, -0.2) is 4.68 Å². The van der Waals surface area contributed by atoms with Crippen LogP contribution in [0.5, 0.6) is 0 Å². The van der Waals surface area contributed by atoms with Crippen molar-refractivity contribution in [2.75, 3.05) is 13.2 Å². The lowest BCUT2D eigenvalue weighted by Crippen LogP contribution is -2.31. The van der Waals surface area contributed by atoms with Gasteiger partial charge in [0.2, 0.25) is 0 Å². The molecule has 0 atom stereocenters. The van der Waals surface area contributed by atoms with E-state index in [1.807, 2.05) is 0 Å². The highest BCUT2D eigenvalue weighted by atomic mass is 16.5. The Balaban J connectivity index is 2.85. The van der Waals surface area contributed by atoms with E-state index in [2.05, 4.69) is 56.5 Å². The topological polar surface area (TPSA) is 60.2 Å². The maximum absolute atomic E-state index is 9.28. The summed E-state index contributed by atoms with van der Waals surface area (Å²) >= 11 is 0. The fraction of sp³-hybridized carbons (Fsp3) is 0.889. The molecule has 0 spiro atoms. The molecule has 1 N–H and O–H groups in total. The first-order chi connectivity index (χ1) is 10.8. The highest BCUT2D eigenvalue weighted by molar-refractivity contribution is 5.13. The van der Waals surface area contributed by atoms with E-state index in [4.69, 9.17) is 4.74 Å². The van der Waals surface area contributed by atoms with Gasteiger partial charge in [-0.1, -0.05) is 25.5 Å². The number of hydrogen-bond acceptors (Lipinski definition) is 4. The summed E-state index contributed by atoms with van der Waals surface area (Å²) in [5, 5.41) is 18.0. The predicted molar refractivity (Wildman–Crippen MR) is 93.6 cm³/mol. The Morgan fingerprint density at radius 1 is 1.17 bits per heavy atom. The molecule has 134 valence electrons. The molecule has 5 heteroatoms. The minimum atomic E-state index is -0.136. The quantitative estimate of drug-likeness (QED) is 0.678. The van der Waals surface area contributed by atoms with E-state index in [0.29, 0.717) is 18.9 Å². The Kier molecular flexibility index (Phi) is 8.20. The first-order valence-corrected chi connectivity index (χ1v) is 8.94. The van der Waals surface area contributed by atoms with Gasteiger partial charge in [-0.2, -0.15) is 0 Å². The number of rotatable bonds is 11. The monoisotopic (exact) mass is 325 g/mol. The van der Waals surface area contributed by atoms with Crippen molar-refractivity contribution in [3.63, 3.8) is 0 Å². The van der Waals surface area contributed by atoms with Gasteiger partial charge in [-0.05, 0) is 52.9 Å². The zero-order valence-electron chi connectivity index (χ0n) is 15.8. The third-order valence-corrected chi connectivity index (χ3v) is 4.13. The van der Waals surface area contributed by atoms with E-state index in [-0.39, 0.29) is 18.2 Å². The summed E-state index contributed by atoms with van der Waals surface area (Å²) in [5.41, 5.74) is 1.98. The first-order valence-electron chi connectivity index (χ1n) is 8.94. The molecule has 23 heavy (non-hydrogen) atoms. The number of nitrogens with zero attached hydrogens (tertiary/aromatic N) is 3. The second-order valence-electron chi connectivity index (χ2n) is 7.64. The number of hydrogen-bond donors (Lipinski definition) is 1. The Labute approximate surface area is 141 Å². The van der Waals surface area contributed by atoms with Gasteiger partial charge in [-0.3, -0.25) is 0 Å². The van der Waals surface area contributed by atoms with Crippen molar-refractivity contribution in [1.29, 1.82) is 0 Å². The summed E-state index contributed by atoms with van der Waals surface area (Å²) < 4.78 is 7.76. The standard InChI is InChI=1S/C18H35N3O2/c1-14(2)8-7-9-17-16(10-12-22)19-20-21(17)18(5,6)11-13-23-15(3)4/h14-15,22H,7-13H2,1-6H3. The Morgan fingerprint density at radius 2 is 1.87 bits per heavy atom. The summed E-state index contributed by atoms with van der Waals surface area (Å²) in [7, 11) is 0. The second kappa shape index (κ2) is 9.38. The van der Waals surface area contributed by atoms with Gasteiger partial charge in [0, 0.05) is 19.6 Å². The van der Waals surface area contributed by atoms with E-state index >= 15 is 0 Å². The number of ether oxygens (including phenoxy) is 1. The number of aliphatic hydroxyl groups excluding tert-OH is 1. The van der Waals surface area contributed by atoms with Crippen LogP contribution in [0.1, 0.15) is 72.2 Å². The summed E-state index contributed by atoms with van der Waals surface area (Å²) in [6.45, 7) is 13.8. The fourth-order valence-electron chi connectivity index (χ4n) is 2.70. The van der Waals surface area contributed by atoms with Crippen LogP contribution in [0.25, 0.3) is 0 Å². The van der Waals surface area contributed by atoms with Crippen molar-refractivity contribution >= 4 is 0 Å². The molecule has 5 nitrogen and oxygen atoms in total. The predicted octanol–water partition coefficient (Wildman–Crippen LogP) is 3.34. The van der Waals surface area contributed by atoms with Gasteiger partial charge in [0.05, 0.1) is 23.0 Å². The SMILES string of the molecule is CC(C)CCCc1c(CCO)nnn1C(C)(C)CCOC(C)C. The lowest BCUT2D eigenvalue weighted by molar-refractivity contribution is 0.0562. The average Bonchev–Trinajstić information content (AvgIpc) is 2.82. The molecule has 1 rings (SSSR count). The number of aliphatic hydroxyl groups is 1. The Bertz CT molecular complexity index is 453. The van der Waals surface area contributed by atoms with Crippen LogP contribution in [-0.4, -0.2) is 39.4 Å². The van der Waals surface area contributed by atoms with E-state index in [0.717, 1.165) is 25.0 Å². The van der Waals surface area contributed by atoms with Crippen molar-refractivity contribution in [2.24, 2.45) is 5.92 Å². The van der Waals surface area contributed by atoms with Crippen LogP contribution >= 0.6 is 0 Å². The lowest BCUT2D eigenvalue weighted by Gasteiger charge is -2.27. The first kappa shape index (κ1) is 20.1. The molecule has 1 aromatic rings. The molecule has 0 aromatic carbocycles. The van der Waals surface area contributed by atoms with Gasteiger partial charge < -0.3 is 9.84 Å². The van der Waals surface area contributed by atoms with Crippen molar-refractivity contribution in [2.45, 2.75) is 85.3 Å². The third kappa shape index (κ3) is 6.60. The molecule has 0 unspecified atom stereocenters. The van der Waals surface area contributed by atoms with E-state index in [1.165, 1.54) is 12.1 Å². The van der Waals surface area contributed by atoms with Gasteiger partial charge in [0.25, 0.3) is 0 Å². The molecule has 0 aliphatic carbocycles. The van der Waals surface area contributed by atoms with Crippen LogP contribution in [0.4, 0.5) is 0 Å². The third-order valence-electron chi connectivity index (χ3n) is 4.13. The van der Waals surface area contributed by atoms with Crippen molar-refractivity contribution in [1.82, 2.24) is 15.0 Å². The molecule has 1 aromatic heterocycles. The molecule has 0 amide bonds. The largest absolute Gasteiger partial charge is 0.396 e. The van der Waals surface area contributed by atoms with Crippen molar-refractivity contribution < 1.29 is 9.84 Å². The van der Waals surface area contributed by atoms with Crippen LogP contribution in [0.3, 0.4) is 0 Å².